The number of nitrogens with zero attached hydrogens (tertiary/aromatic N) is 4. The van der Waals surface area contributed by atoms with E-state index in [9.17, 15) is 9.90 Å². The number of hydrogen-bond acceptors (Lipinski definition) is 6. The van der Waals surface area contributed by atoms with Gasteiger partial charge in [-0.25, -0.2) is 0 Å². The van der Waals surface area contributed by atoms with Gasteiger partial charge in [0.05, 0.1) is 0 Å². The van der Waals surface area contributed by atoms with Crippen LogP contribution in [0.1, 0.15) is 58.3 Å². The lowest BCUT2D eigenvalue weighted by atomic mass is 9.69. The van der Waals surface area contributed by atoms with Gasteiger partial charge < -0.3 is 10.0 Å². The smallest absolute Gasteiger partial charge is 0.252 e. The minimum Gasteiger partial charge on any atom is -0.383 e. The summed E-state index contributed by atoms with van der Waals surface area (Å²) in [6.45, 7) is 7.46. The first-order valence-corrected chi connectivity index (χ1v) is 10.3. The summed E-state index contributed by atoms with van der Waals surface area (Å²) in [5, 5.41) is 24.9. The van der Waals surface area contributed by atoms with Gasteiger partial charge in [-0.1, -0.05) is 26.0 Å². The molecule has 1 aromatic heterocycles. The Balaban J connectivity index is 1.63. The van der Waals surface area contributed by atoms with Crippen molar-refractivity contribution in [3.63, 3.8) is 0 Å². The van der Waals surface area contributed by atoms with Crippen LogP contribution in [-0.2, 0) is 4.79 Å². The number of nitrogens with one attached hydrogen (secondary N) is 1. The second-order valence-electron chi connectivity index (χ2n) is 8.31. The Kier molecular flexibility index (Phi) is 5.68. The minimum atomic E-state index is -0.918. The molecule has 0 bridgehead atoms. The van der Waals surface area contributed by atoms with Gasteiger partial charge in [0.1, 0.15) is 12.1 Å². The van der Waals surface area contributed by atoms with Gasteiger partial charge in [0, 0.05) is 18.1 Å². The molecule has 0 aromatic carbocycles. The summed E-state index contributed by atoms with van der Waals surface area (Å²) in [7, 11) is 0. The van der Waals surface area contributed by atoms with Crippen molar-refractivity contribution in [2.24, 2.45) is 17.3 Å². The summed E-state index contributed by atoms with van der Waals surface area (Å²) >= 11 is 1.78. The fourth-order valence-corrected chi connectivity index (χ4v) is 5.11. The van der Waals surface area contributed by atoms with Crippen molar-refractivity contribution >= 4 is 17.7 Å². The molecular weight excluding hydrogens is 338 g/mol. The maximum absolute atomic E-state index is 13.0. The van der Waals surface area contributed by atoms with Crippen molar-refractivity contribution in [2.75, 3.05) is 18.1 Å². The molecule has 2 fully saturated rings. The Bertz CT molecular complexity index is 566. The first-order valence-electron chi connectivity index (χ1n) is 9.17. The van der Waals surface area contributed by atoms with Crippen molar-refractivity contribution in [1.82, 2.24) is 25.5 Å². The number of aliphatic hydroxyl groups is 1. The molecule has 1 aliphatic heterocycles. The molecule has 25 heavy (non-hydrogen) atoms. The lowest BCUT2D eigenvalue weighted by Gasteiger charge is -2.40. The number of rotatable bonds is 3. The van der Waals surface area contributed by atoms with Crippen LogP contribution in [0.15, 0.2) is 0 Å². The SMILES string of the molecule is CC(C)(C)C1CCC(C(O)C(=O)N2CCSCC2c2nn[nH]n2)CC1. The van der Waals surface area contributed by atoms with E-state index < -0.39 is 6.10 Å². The topological polar surface area (TPSA) is 95.0 Å². The van der Waals surface area contributed by atoms with Crippen LogP contribution in [0.4, 0.5) is 0 Å². The molecule has 2 atom stereocenters. The maximum Gasteiger partial charge on any atom is 0.252 e. The Labute approximate surface area is 153 Å². The number of aliphatic hydroxyl groups excluding tert-OH is 1. The number of carbonyl (C=O) groups excluding carboxylic acids is 1. The number of H-pyrrole nitrogens is 1. The number of aromatic nitrogens is 4. The van der Waals surface area contributed by atoms with Crippen LogP contribution in [0.3, 0.4) is 0 Å². The van der Waals surface area contributed by atoms with Crippen LogP contribution in [-0.4, -0.2) is 60.7 Å². The monoisotopic (exact) mass is 367 g/mol. The van der Waals surface area contributed by atoms with E-state index in [2.05, 4.69) is 41.4 Å². The highest BCUT2D eigenvalue weighted by atomic mass is 32.2. The number of amides is 1. The highest BCUT2D eigenvalue weighted by Gasteiger charge is 2.39. The molecule has 2 unspecified atom stereocenters. The molecule has 2 N–H and O–H groups in total. The summed E-state index contributed by atoms with van der Waals surface area (Å²) in [4.78, 5) is 14.7. The molecule has 0 radical (unpaired) electrons. The van der Waals surface area contributed by atoms with E-state index in [-0.39, 0.29) is 17.9 Å². The first-order chi connectivity index (χ1) is 11.9. The Morgan fingerprint density at radius 1 is 1.32 bits per heavy atom. The van der Waals surface area contributed by atoms with Crippen molar-refractivity contribution in [3.8, 4) is 0 Å². The average Bonchev–Trinajstić information content (AvgIpc) is 3.14. The normalized spacial score (nSPS) is 29.4. The molecular formula is C17H29N5O2S. The largest absolute Gasteiger partial charge is 0.383 e. The van der Waals surface area contributed by atoms with Crippen LogP contribution in [0.5, 0.6) is 0 Å². The number of hydrogen-bond donors (Lipinski definition) is 2. The van der Waals surface area contributed by atoms with Gasteiger partial charge in [0.25, 0.3) is 5.91 Å². The first kappa shape index (κ1) is 18.6. The molecule has 140 valence electrons. The zero-order valence-corrected chi connectivity index (χ0v) is 16.1. The third kappa shape index (κ3) is 4.16. The van der Waals surface area contributed by atoms with E-state index in [1.54, 1.807) is 16.7 Å². The lowest BCUT2D eigenvalue weighted by Crippen LogP contribution is -2.48. The number of thioether (sulfide) groups is 1. The zero-order chi connectivity index (χ0) is 18.0. The molecule has 1 aromatic rings. The van der Waals surface area contributed by atoms with Crippen LogP contribution >= 0.6 is 11.8 Å². The van der Waals surface area contributed by atoms with E-state index in [1.165, 1.54) is 0 Å². The number of aromatic amines is 1. The second kappa shape index (κ2) is 7.61. The van der Waals surface area contributed by atoms with E-state index in [1.807, 2.05) is 0 Å². The summed E-state index contributed by atoms with van der Waals surface area (Å²) in [5.41, 5.74) is 0.299. The fraction of sp³-hybridized carbons (Fsp3) is 0.882. The van der Waals surface area contributed by atoms with Gasteiger partial charge in [-0.2, -0.15) is 17.0 Å². The Morgan fingerprint density at radius 2 is 2.04 bits per heavy atom. The van der Waals surface area contributed by atoms with Crippen molar-refractivity contribution in [3.05, 3.63) is 5.82 Å². The molecule has 8 heteroatoms. The molecule has 0 spiro atoms. The molecule has 3 rings (SSSR count). The predicted molar refractivity (Wildman–Crippen MR) is 96.9 cm³/mol. The van der Waals surface area contributed by atoms with E-state index in [4.69, 9.17) is 0 Å². The predicted octanol–water partition coefficient (Wildman–Crippen LogP) is 2.03. The van der Waals surface area contributed by atoms with Gasteiger partial charge in [0.15, 0.2) is 5.82 Å². The van der Waals surface area contributed by atoms with Crippen molar-refractivity contribution in [1.29, 1.82) is 0 Å². The average molecular weight is 368 g/mol. The Hall–Kier alpha value is -1.15. The van der Waals surface area contributed by atoms with Gasteiger partial charge in [-0.15, -0.1) is 10.2 Å². The van der Waals surface area contributed by atoms with Gasteiger partial charge >= 0.3 is 0 Å². The highest BCUT2D eigenvalue weighted by molar-refractivity contribution is 7.99. The summed E-state index contributed by atoms with van der Waals surface area (Å²) in [5.74, 6) is 2.72. The molecule has 1 saturated carbocycles. The number of carbonyl (C=O) groups is 1. The van der Waals surface area contributed by atoms with Crippen LogP contribution in [0.25, 0.3) is 0 Å². The summed E-state index contributed by atoms with van der Waals surface area (Å²) in [6.07, 6.45) is 3.10. The van der Waals surface area contributed by atoms with Gasteiger partial charge in [-0.05, 0) is 42.9 Å². The Morgan fingerprint density at radius 3 is 2.64 bits per heavy atom. The van der Waals surface area contributed by atoms with Gasteiger partial charge in [-0.3, -0.25) is 4.79 Å². The van der Waals surface area contributed by atoms with Gasteiger partial charge in [0.2, 0.25) is 0 Å². The maximum atomic E-state index is 13.0. The van der Waals surface area contributed by atoms with Crippen molar-refractivity contribution in [2.45, 2.75) is 58.6 Å². The third-order valence-corrected chi connectivity index (χ3v) is 6.79. The summed E-state index contributed by atoms with van der Waals surface area (Å²) in [6, 6.07) is -0.203. The number of tetrazole rings is 1. The molecule has 1 aliphatic carbocycles. The van der Waals surface area contributed by atoms with Crippen molar-refractivity contribution < 1.29 is 9.90 Å². The second-order valence-corrected chi connectivity index (χ2v) is 9.46. The van der Waals surface area contributed by atoms with E-state index in [0.717, 1.165) is 37.2 Å². The molecule has 1 amide bonds. The van der Waals surface area contributed by atoms with Crippen LogP contribution < -0.4 is 0 Å². The standard InChI is InChI=1S/C17H29N5O2S/c1-17(2,3)12-6-4-11(5-7-12)14(23)16(24)22-8-9-25-10-13(22)15-18-20-21-19-15/h11-14,23H,4-10H2,1-3H3,(H,18,19,20,21). The van der Waals surface area contributed by atoms with Crippen LogP contribution in [0.2, 0.25) is 0 Å². The summed E-state index contributed by atoms with van der Waals surface area (Å²) < 4.78 is 0. The van der Waals surface area contributed by atoms with E-state index >= 15 is 0 Å². The third-order valence-electron chi connectivity index (χ3n) is 5.77. The molecule has 2 heterocycles. The quantitative estimate of drug-likeness (QED) is 0.849. The van der Waals surface area contributed by atoms with Crippen LogP contribution in [0, 0.1) is 17.3 Å². The fourth-order valence-electron chi connectivity index (χ4n) is 4.06. The molecule has 1 saturated heterocycles. The highest BCUT2D eigenvalue weighted by Crippen LogP contribution is 2.41. The molecule has 7 nitrogen and oxygen atoms in total. The lowest BCUT2D eigenvalue weighted by molar-refractivity contribution is -0.146. The van der Waals surface area contributed by atoms with E-state index in [0.29, 0.717) is 23.7 Å². The zero-order valence-electron chi connectivity index (χ0n) is 15.3. The molecule has 2 aliphatic rings. The minimum absolute atomic E-state index is 0.0617.